The van der Waals surface area contributed by atoms with E-state index in [4.69, 9.17) is 11.6 Å². The van der Waals surface area contributed by atoms with Crippen molar-refractivity contribution in [3.8, 4) is 0 Å². The molecule has 2 aromatic heterocycles. The van der Waals surface area contributed by atoms with E-state index in [9.17, 15) is 4.79 Å². The van der Waals surface area contributed by atoms with Gasteiger partial charge in [0.05, 0.1) is 5.02 Å². The van der Waals surface area contributed by atoms with Crippen molar-refractivity contribution in [1.82, 2.24) is 14.9 Å². The number of halogens is 1. The highest BCUT2D eigenvalue weighted by atomic mass is 35.5. The third kappa shape index (κ3) is 3.03. The molecule has 0 bridgehead atoms. The van der Waals surface area contributed by atoms with Crippen LogP contribution in [0.2, 0.25) is 5.02 Å². The lowest BCUT2D eigenvalue weighted by Crippen LogP contribution is -2.49. The molecule has 1 amide bonds. The van der Waals surface area contributed by atoms with Crippen molar-refractivity contribution >= 4 is 34.2 Å². The lowest BCUT2D eigenvalue weighted by atomic mass is 10.1. The first kappa shape index (κ1) is 16.9. The van der Waals surface area contributed by atoms with Crippen LogP contribution in [-0.2, 0) is 6.42 Å². The Hall–Kier alpha value is -2.53. The van der Waals surface area contributed by atoms with E-state index < -0.39 is 0 Å². The van der Waals surface area contributed by atoms with Gasteiger partial charge in [0, 0.05) is 43.3 Å². The number of aromatic nitrogens is 2. The number of nitrogens with zero attached hydrogens (tertiary/aromatic N) is 3. The average molecular weight is 369 g/mol. The maximum atomic E-state index is 13.1. The minimum Gasteiger partial charge on any atom is -0.353 e. The van der Waals surface area contributed by atoms with Gasteiger partial charge in [-0.05, 0) is 30.2 Å². The molecular formula is C20H21ClN4O. The van der Waals surface area contributed by atoms with E-state index in [1.807, 2.05) is 35.2 Å². The Bertz CT molecular complexity index is 927. The molecule has 1 N–H and O–H groups in total. The molecule has 0 saturated carbocycles. The second kappa shape index (κ2) is 7.00. The Morgan fingerprint density at radius 1 is 1.15 bits per heavy atom. The summed E-state index contributed by atoms with van der Waals surface area (Å²) in [5, 5.41) is 1.77. The van der Waals surface area contributed by atoms with Crippen LogP contribution in [0.1, 0.15) is 23.0 Å². The van der Waals surface area contributed by atoms with Crippen molar-refractivity contribution in [2.45, 2.75) is 13.3 Å². The maximum Gasteiger partial charge on any atom is 0.270 e. The third-order valence-electron chi connectivity index (χ3n) is 4.98. The molecule has 1 saturated heterocycles. The highest BCUT2D eigenvalue weighted by molar-refractivity contribution is 6.30. The summed E-state index contributed by atoms with van der Waals surface area (Å²) >= 11 is 5.91. The predicted octanol–water partition coefficient (Wildman–Crippen LogP) is 3.74. The molecule has 1 fully saturated rings. The molecule has 134 valence electrons. The minimum atomic E-state index is 0.0850. The quantitative estimate of drug-likeness (QED) is 0.766. The lowest BCUT2D eigenvalue weighted by Gasteiger charge is -2.35. The van der Waals surface area contributed by atoms with Gasteiger partial charge in [0.1, 0.15) is 11.5 Å². The van der Waals surface area contributed by atoms with E-state index in [2.05, 4.69) is 27.9 Å². The van der Waals surface area contributed by atoms with Gasteiger partial charge in [0.2, 0.25) is 0 Å². The summed E-state index contributed by atoms with van der Waals surface area (Å²) in [4.78, 5) is 24.9. The summed E-state index contributed by atoms with van der Waals surface area (Å²) in [6.07, 6.45) is 2.49. The van der Waals surface area contributed by atoms with Crippen LogP contribution in [0.5, 0.6) is 0 Å². The smallest absolute Gasteiger partial charge is 0.270 e. The number of carbonyl (C=O) groups excluding carboxylic acids is 1. The zero-order valence-electron chi connectivity index (χ0n) is 14.7. The molecule has 1 aliphatic rings. The highest BCUT2D eigenvalue weighted by Gasteiger charge is 2.26. The number of nitrogens with one attached hydrogen (secondary N) is 1. The average Bonchev–Trinajstić information content (AvgIpc) is 3.07. The molecule has 0 spiro atoms. The number of amides is 1. The number of fused-ring (bicyclic) bond motifs is 1. The Kier molecular flexibility index (Phi) is 4.55. The molecule has 4 rings (SSSR count). The monoisotopic (exact) mass is 368 g/mol. The van der Waals surface area contributed by atoms with Crippen molar-refractivity contribution in [3.05, 3.63) is 58.9 Å². The van der Waals surface area contributed by atoms with Gasteiger partial charge in [0.15, 0.2) is 0 Å². The molecule has 0 atom stereocenters. The molecule has 6 heteroatoms. The number of benzene rings is 1. The SMILES string of the molecule is CCc1c(C(=O)N2CCN(c3ccc(Cl)cn3)CC2)[nH]c2ccccc12. The van der Waals surface area contributed by atoms with Crippen LogP contribution in [0.3, 0.4) is 0 Å². The number of hydrogen-bond donors (Lipinski definition) is 1. The number of aromatic amines is 1. The normalized spacial score (nSPS) is 14.8. The largest absolute Gasteiger partial charge is 0.353 e. The van der Waals surface area contributed by atoms with Gasteiger partial charge in [-0.25, -0.2) is 4.98 Å². The zero-order chi connectivity index (χ0) is 18.1. The van der Waals surface area contributed by atoms with Crippen LogP contribution in [0.4, 0.5) is 5.82 Å². The molecule has 26 heavy (non-hydrogen) atoms. The van der Waals surface area contributed by atoms with Gasteiger partial charge in [-0.3, -0.25) is 4.79 Å². The van der Waals surface area contributed by atoms with Crippen molar-refractivity contribution in [1.29, 1.82) is 0 Å². The fourth-order valence-electron chi connectivity index (χ4n) is 3.60. The van der Waals surface area contributed by atoms with E-state index in [0.717, 1.165) is 47.5 Å². The summed E-state index contributed by atoms with van der Waals surface area (Å²) < 4.78 is 0. The second-order valence-corrected chi connectivity index (χ2v) is 6.93. The minimum absolute atomic E-state index is 0.0850. The fraction of sp³-hybridized carbons (Fsp3) is 0.300. The molecule has 1 aliphatic heterocycles. The summed E-state index contributed by atoms with van der Waals surface area (Å²) in [5.41, 5.74) is 2.86. The Labute approximate surface area is 157 Å². The number of piperazine rings is 1. The lowest BCUT2D eigenvalue weighted by molar-refractivity contribution is 0.0740. The number of rotatable bonds is 3. The number of H-pyrrole nitrogens is 1. The first-order valence-corrected chi connectivity index (χ1v) is 9.30. The maximum absolute atomic E-state index is 13.1. The first-order chi connectivity index (χ1) is 12.7. The predicted molar refractivity (Wildman–Crippen MR) is 105 cm³/mol. The summed E-state index contributed by atoms with van der Waals surface area (Å²) in [6, 6.07) is 11.9. The molecule has 1 aromatic carbocycles. The van der Waals surface area contributed by atoms with Gasteiger partial charge in [-0.15, -0.1) is 0 Å². The third-order valence-corrected chi connectivity index (χ3v) is 5.21. The van der Waals surface area contributed by atoms with Crippen LogP contribution in [-0.4, -0.2) is 47.0 Å². The molecular weight excluding hydrogens is 348 g/mol. The number of aryl methyl sites for hydroxylation is 1. The van der Waals surface area contributed by atoms with Gasteiger partial charge in [-0.1, -0.05) is 36.7 Å². The van der Waals surface area contributed by atoms with Gasteiger partial charge in [0.25, 0.3) is 5.91 Å². The molecule has 3 aromatic rings. The highest BCUT2D eigenvalue weighted by Crippen LogP contribution is 2.25. The van der Waals surface area contributed by atoms with Crippen molar-refractivity contribution in [2.24, 2.45) is 0 Å². The van der Waals surface area contributed by atoms with Crippen molar-refractivity contribution in [2.75, 3.05) is 31.1 Å². The molecule has 3 heterocycles. The summed E-state index contributed by atoms with van der Waals surface area (Å²) in [5.74, 6) is 0.989. The van der Waals surface area contributed by atoms with Crippen LogP contribution < -0.4 is 4.90 Å². The van der Waals surface area contributed by atoms with E-state index in [1.165, 1.54) is 0 Å². The van der Waals surface area contributed by atoms with Crippen LogP contribution >= 0.6 is 11.6 Å². The standard InChI is InChI=1S/C20H21ClN4O/c1-2-15-16-5-3-4-6-17(16)23-19(15)20(26)25-11-9-24(10-12-25)18-8-7-14(21)13-22-18/h3-8,13,23H,2,9-12H2,1H3. The van der Waals surface area contributed by atoms with Gasteiger partial charge in [-0.2, -0.15) is 0 Å². The van der Waals surface area contributed by atoms with E-state index in [0.29, 0.717) is 18.1 Å². The van der Waals surface area contributed by atoms with Crippen molar-refractivity contribution < 1.29 is 4.79 Å². The van der Waals surface area contributed by atoms with Gasteiger partial charge < -0.3 is 14.8 Å². The number of carbonyl (C=O) groups is 1. The Morgan fingerprint density at radius 3 is 2.62 bits per heavy atom. The molecule has 5 nitrogen and oxygen atoms in total. The molecule has 0 radical (unpaired) electrons. The van der Waals surface area contributed by atoms with Crippen LogP contribution in [0.15, 0.2) is 42.6 Å². The number of anilines is 1. The topological polar surface area (TPSA) is 52.2 Å². The summed E-state index contributed by atoms with van der Waals surface area (Å²) in [7, 11) is 0. The van der Waals surface area contributed by atoms with Gasteiger partial charge >= 0.3 is 0 Å². The second-order valence-electron chi connectivity index (χ2n) is 6.49. The van der Waals surface area contributed by atoms with Crippen molar-refractivity contribution in [3.63, 3.8) is 0 Å². The number of para-hydroxylation sites is 1. The van der Waals surface area contributed by atoms with E-state index >= 15 is 0 Å². The summed E-state index contributed by atoms with van der Waals surface area (Å²) in [6.45, 7) is 4.99. The first-order valence-electron chi connectivity index (χ1n) is 8.92. The molecule has 0 aliphatic carbocycles. The molecule has 0 unspecified atom stereocenters. The Balaban J connectivity index is 1.51. The number of pyridine rings is 1. The van der Waals surface area contributed by atoms with E-state index in [1.54, 1.807) is 6.20 Å². The van der Waals surface area contributed by atoms with E-state index in [-0.39, 0.29) is 5.91 Å². The fourth-order valence-corrected chi connectivity index (χ4v) is 3.71. The Morgan fingerprint density at radius 2 is 1.92 bits per heavy atom. The zero-order valence-corrected chi connectivity index (χ0v) is 15.5. The van der Waals surface area contributed by atoms with Crippen LogP contribution in [0.25, 0.3) is 10.9 Å². The van der Waals surface area contributed by atoms with Crippen LogP contribution in [0, 0.1) is 0 Å². The number of hydrogen-bond acceptors (Lipinski definition) is 3.